The molecule has 2 aromatic rings. The van der Waals surface area contributed by atoms with E-state index in [1.54, 1.807) is 0 Å². The van der Waals surface area contributed by atoms with Crippen molar-refractivity contribution in [2.24, 2.45) is 0 Å². The SMILES string of the molecule is Cc1cccc(C)c1-c1cccc(C(C)C)c1. The highest BCUT2D eigenvalue weighted by Crippen LogP contribution is 2.29. The molecule has 0 atom stereocenters. The molecule has 0 bridgehead atoms. The highest BCUT2D eigenvalue weighted by atomic mass is 14.1. The Bertz CT molecular complexity index is 501. The Hall–Kier alpha value is -1.56. The molecule has 0 aliphatic carbocycles. The second kappa shape index (κ2) is 4.75. The van der Waals surface area contributed by atoms with Gasteiger partial charge >= 0.3 is 0 Å². The van der Waals surface area contributed by atoms with Crippen LogP contribution in [-0.2, 0) is 0 Å². The summed E-state index contributed by atoms with van der Waals surface area (Å²) < 4.78 is 0. The maximum Gasteiger partial charge on any atom is -0.0125 e. The summed E-state index contributed by atoms with van der Waals surface area (Å²) >= 11 is 0. The molecule has 0 nitrogen and oxygen atoms in total. The Morgan fingerprint density at radius 2 is 1.41 bits per heavy atom. The normalized spacial score (nSPS) is 10.9. The summed E-state index contributed by atoms with van der Waals surface area (Å²) in [6.45, 7) is 8.85. The zero-order valence-electron chi connectivity index (χ0n) is 11.1. The van der Waals surface area contributed by atoms with E-state index in [1.807, 2.05) is 0 Å². The molecule has 17 heavy (non-hydrogen) atoms. The molecule has 0 saturated heterocycles. The average Bonchev–Trinajstić information content (AvgIpc) is 2.29. The molecule has 0 heteroatoms. The van der Waals surface area contributed by atoms with Crippen LogP contribution in [0.2, 0.25) is 0 Å². The minimum Gasteiger partial charge on any atom is -0.0617 e. The van der Waals surface area contributed by atoms with Crippen molar-refractivity contribution in [3.63, 3.8) is 0 Å². The van der Waals surface area contributed by atoms with Gasteiger partial charge in [-0.2, -0.15) is 0 Å². The largest absolute Gasteiger partial charge is 0.0617 e. The van der Waals surface area contributed by atoms with Gasteiger partial charge in [-0.15, -0.1) is 0 Å². The van der Waals surface area contributed by atoms with Gasteiger partial charge in [0, 0.05) is 0 Å². The summed E-state index contributed by atoms with van der Waals surface area (Å²) in [7, 11) is 0. The fraction of sp³-hybridized carbons (Fsp3) is 0.294. The van der Waals surface area contributed by atoms with E-state index in [2.05, 4.69) is 70.2 Å². The van der Waals surface area contributed by atoms with Gasteiger partial charge in [0.05, 0.1) is 0 Å². The number of hydrogen-bond acceptors (Lipinski definition) is 0. The van der Waals surface area contributed by atoms with E-state index in [0.29, 0.717) is 5.92 Å². The smallest absolute Gasteiger partial charge is 0.0125 e. The molecule has 0 heterocycles. The third-order valence-corrected chi connectivity index (χ3v) is 3.32. The molecule has 0 aliphatic rings. The van der Waals surface area contributed by atoms with Gasteiger partial charge in [0.15, 0.2) is 0 Å². The lowest BCUT2D eigenvalue weighted by Crippen LogP contribution is -1.91. The van der Waals surface area contributed by atoms with Gasteiger partial charge < -0.3 is 0 Å². The first kappa shape index (κ1) is 11.9. The van der Waals surface area contributed by atoms with E-state index >= 15 is 0 Å². The van der Waals surface area contributed by atoms with Crippen molar-refractivity contribution < 1.29 is 0 Å². The van der Waals surface area contributed by atoms with Gasteiger partial charge in [0.1, 0.15) is 0 Å². The van der Waals surface area contributed by atoms with Crippen molar-refractivity contribution >= 4 is 0 Å². The minimum atomic E-state index is 0.583. The zero-order chi connectivity index (χ0) is 12.4. The first-order valence-electron chi connectivity index (χ1n) is 6.26. The van der Waals surface area contributed by atoms with Crippen LogP contribution in [-0.4, -0.2) is 0 Å². The van der Waals surface area contributed by atoms with Crippen molar-refractivity contribution in [2.45, 2.75) is 33.6 Å². The molecule has 0 aliphatic heterocycles. The number of benzene rings is 2. The molecule has 0 saturated carbocycles. The lowest BCUT2D eigenvalue weighted by atomic mass is 9.92. The third kappa shape index (κ3) is 2.41. The van der Waals surface area contributed by atoms with Crippen LogP contribution >= 0.6 is 0 Å². The second-order valence-electron chi connectivity index (χ2n) is 5.05. The van der Waals surface area contributed by atoms with Gasteiger partial charge in [-0.05, 0) is 47.6 Å². The van der Waals surface area contributed by atoms with E-state index in [1.165, 1.54) is 27.8 Å². The molecule has 0 amide bonds. The van der Waals surface area contributed by atoms with E-state index in [-0.39, 0.29) is 0 Å². The highest BCUT2D eigenvalue weighted by molar-refractivity contribution is 5.71. The lowest BCUT2D eigenvalue weighted by Gasteiger charge is -2.12. The molecule has 0 radical (unpaired) electrons. The maximum atomic E-state index is 2.32. The van der Waals surface area contributed by atoms with E-state index < -0.39 is 0 Å². The molecule has 0 N–H and O–H groups in total. The van der Waals surface area contributed by atoms with Gasteiger partial charge in [0.25, 0.3) is 0 Å². The van der Waals surface area contributed by atoms with Crippen LogP contribution in [0.15, 0.2) is 42.5 Å². The monoisotopic (exact) mass is 224 g/mol. The molecule has 0 fully saturated rings. The van der Waals surface area contributed by atoms with Gasteiger partial charge in [-0.1, -0.05) is 56.3 Å². The van der Waals surface area contributed by atoms with Gasteiger partial charge in [0.2, 0.25) is 0 Å². The summed E-state index contributed by atoms with van der Waals surface area (Å²) in [5.74, 6) is 0.583. The molecule has 2 aromatic carbocycles. The molecular formula is C17H20. The summed E-state index contributed by atoms with van der Waals surface area (Å²) in [6.07, 6.45) is 0. The van der Waals surface area contributed by atoms with E-state index in [4.69, 9.17) is 0 Å². The van der Waals surface area contributed by atoms with Crippen LogP contribution in [0, 0.1) is 13.8 Å². The first-order chi connectivity index (χ1) is 8.09. The topological polar surface area (TPSA) is 0 Å². The molecule has 0 aromatic heterocycles. The van der Waals surface area contributed by atoms with Gasteiger partial charge in [-0.25, -0.2) is 0 Å². The Morgan fingerprint density at radius 3 is 2.00 bits per heavy atom. The van der Waals surface area contributed by atoms with Crippen LogP contribution in [0.25, 0.3) is 11.1 Å². The third-order valence-electron chi connectivity index (χ3n) is 3.32. The Kier molecular flexibility index (Phi) is 3.33. The summed E-state index contributed by atoms with van der Waals surface area (Å²) in [5, 5.41) is 0. The van der Waals surface area contributed by atoms with Crippen molar-refractivity contribution in [1.82, 2.24) is 0 Å². The van der Waals surface area contributed by atoms with Crippen LogP contribution in [0.1, 0.15) is 36.5 Å². The first-order valence-corrected chi connectivity index (χ1v) is 6.26. The van der Waals surface area contributed by atoms with Crippen LogP contribution in [0.4, 0.5) is 0 Å². The summed E-state index contributed by atoms with van der Waals surface area (Å²) in [5.41, 5.74) is 6.84. The molecule has 88 valence electrons. The Morgan fingerprint density at radius 1 is 0.824 bits per heavy atom. The fourth-order valence-corrected chi connectivity index (χ4v) is 2.32. The van der Waals surface area contributed by atoms with Crippen molar-refractivity contribution in [2.75, 3.05) is 0 Å². The Balaban J connectivity index is 2.57. The minimum absolute atomic E-state index is 0.583. The summed E-state index contributed by atoms with van der Waals surface area (Å²) in [6, 6.07) is 15.4. The highest BCUT2D eigenvalue weighted by Gasteiger charge is 2.06. The van der Waals surface area contributed by atoms with Crippen molar-refractivity contribution in [3.8, 4) is 11.1 Å². The predicted octanol–water partition coefficient (Wildman–Crippen LogP) is 5.09. The quantitative estimate of drug-likeness (QED) is 0.666. The van der Waals surface area contributed by atoms with E-state index in [9.17, 15) is 0 Å². The zero-order valence-corrected chi connectivity index (χ0v) is 11.1. The lowest BCUT2D eigenvalue weighted by molar-refractivity contribution is 0.867. The standard InChI is InChI=1S/C17H20/c1-12(2)15-9-6-10-16(11-15)17-13(3)7-5-8-14(17)4/h5-12H,1-4H3. The van der Waals surface area contributed by atoms with Crippen molar-refractivity contribution in [3.05, 3.63) is 59.2 Å². The molecule has 2 rings (SSSR count). The molecular weight excluding hydrogens is 204 g/mol. The fourth-order valence-electron chi connectivity index (χ4n) is 2.32. The molecule has 0 unspecified atom stereocenters. The maximum absolute atomic E-state index is 2.32. The number of aryl methyl sites for hydroxylation is 2. The van der Waals surface area contributed by atoms with Gasteiger partial charge in [-0.3, -0.25) is 0 Å². The average molecular weight is 224 g/mol. The number of rotatable bonds is 2. The predicted molar refractivity (Wildman–Crippen MR) is 75.4 cm³/mol. The van der Waals surface area contributed by atoms with Crippen molar-refractivity contribution in [1.29, 1.82) is 0 Å². The second-order valence-corrected chi connectivity index (χ2v) is 5.05. The molecule has 0 spiro atoms. The Labute approximate surface area is 104 Å². The van der Waals surface area contributed by atoms with Crippen LogP contribution < -0.4 is 0 Å². The number of hydrogen-bond donors (Lipinski definition) is 0. The van der Waals surface area contributed by atoms with Crippen LogP contribution in [0.5, 0.6) is 0 Å². The van der Waals surface area contributed by atoms with E-state index in [0.717, 1.165) is 0 Å². The van der Waals surface area contributed by atoms with Crippen LogP contribution in [0.3, 0.4) is 0 Å². The summed E-state index contributed by atoms with van der Waals surface area (Å²) in [4.78, 5) is 0.